The van der Waals surface area contributed by atoms with Crippen molar-refractivity contribution >= 4 is 11.9 Å². The van der Waals surface area contributed by atoms with Crippen LogP contribution in [0.15, 0.2) is 4.99 Å². The van der Waals surface area contributed by atoms with Gasteiger partial charge in [-0.05, 0) is 32.6 Å². The van der Waals surface area contributed by atoms with Gasteiger partial charge in [0.1, 0.15) is 0 Å². The van der Waals surface area contributed by atoms with Crippen molar-refractivity contribution < 1.29 is 14.3 Å². The molecule has 27 heavy (non-hydrogen) atoms. The summed E-state index contributed by atoms with van der Waals surface area (Å²) in [4.78, 5) is 16.6. The largest absolute Gasteiger partial charge is 0.381 e. The Bertz CT molecular complexity index is 433. The summed E-state index contributed by atoms with van der Waals surface area (Å²) in [6, 6.07) is 0.379. The lowest BCUT2D eigenvalue weighted by molar-refractivity contribution is -0.121. The number of hydrogen-bond donors (Lipinski definition) is 3. The van der Waals surface area contributed by atoms with Crippen molar-refractivity contribution in [3.63, 3.8) is 0 Å². The van der Waals surface area contributed by atoms with Crippen LogP contribution in [-0.4, -0.2) is 64.0 Å². The van der Waals surface area contributed by atoms with Crippen LogP contribution in [0.3, 0.4) is 0 Å². The van der Waals surface area contributed by atoms with Gasteiger partial charge in [-0.25, -0.2) is 0 Å². The highest BCUT2D eigenvalue weighted by molar-refractivity contribution is 5.81. The number of carbonyl (C=O) groups is 1. The normalized spacial score (nSPS) is 21.2. The summed E-state index contributed by atoms with van der Waals surface area (Å²) in [6.07, 6.45) is 8.51. The SMILES string of the molecule is CCNC(=NCCCOCC1CCOC1)NCCC(=O)NC1CCCCC1. The molecule has 1 saturated carbocycles. The first-order valence-corrected chi connectivity index (χ1v) is 10.7. The molecule has 1 saturated heterocycles. The molecule has 7 nitrogen and oxygen atoms in total. The van der Waals surface area contributed by atoms with E-state index in [-0.39, 0.29) is 5.91 Å². The van der Waals surface area contributed by atoms with E-state index in [9.17, 15) is 4.79 Å². The quantitative estimate of drug-likeness (QED) is 0.288. The van der Waals surface area contributed by atoms with E-state index in [1.54, 1.807) is 0 Å². The first-order chi connectivity index (χ1) is 13.3. The highest BCUT2D eigenvalue weighted by atomic mass is 16.5. The first-order valence-electron chi connectivity index (χ1n) is 10.7. The molecule has 1 aliphatic heterocycles. The number of guanidine groups is 1. The van der Waals surface area contributed by atoms with Gasteiger partial charge in [0.15, 0.2) is 5.96 Å². The molecule has 1 heterocycles. The molecule has 1 amide bonds. The lowest BCUT2D eigenvalue weighted by Gasteiger charge is -2.22. The van der Waals surface area contributed by atoms with Gasteiger partial charge in [-0.15, -0.1) is 0 Å². The van der Waals surface area contributed by atoms with E-state index in [0.29, 0.717) is 31.5 Å². The molecule has 0 aromatic carbocycles. The van der Waals surface area contributed by atoms with Crippen molar-refractivity contribution in [1.82, 2.24) is 16.0 Å². The van der Waals surface area contributed by atoms with E-state index in [0.717, 1.165) is 64.6 Å². The van der Waals surface area contributed by atoms with Crippen molar-refractivity contribution in [1.29, 1.82) is 0 Å². The smallest absolute Gasteiger partial charge is 0.221 e. The molecule has 0 aromatic rings. The fourth-order valence-electron chi connectivity index (χ4n) is 3.51. The Hall–Kier alpha value is -1.34. The lowest BCUT2D eigenvalue weighted by atomic mass is 9.95. The number of nitrogens with one attached hydrogen (secondary N) is 3. The number of nitrogens with zero attached hydrogens (tertiary/aromatic N) is 1. The molecule has 7 heteroatoms. The summed E-state index contributed by atoms with van der Waals surface area (Å²) in [5.41, 5.74) is 0. The second-order valence-electron chi connectivity index (χ2n) is 7.50. The van der Waals surface area contributed by atoms with Crippen LogP contribution in [0.5, 0.6) is 0 Å². The summed E-state index contributed by atoms with van der Waals surface area (Å²) in [7, 11) is 0. The van der Waals surface area contributed by atoms with Crippen molar-refractivity contribution in [3.8, 4) is 0 Å². The van der Waals surface area contributed by atoms with Crippen molar-refractivity contribution in [2.45, 2.75) is 64.3 Å². The van der Waals surface area contributed by atoms with E-state index in [4.69, 9.17) is 9.47 Å². The fourth-order valence-corrected chi connectivity index (χ4v) is 3.51. The zero-order valence-corrected chi connectivity index (χ0v) is 16.9. The van der Waals surface area contributed by atoms with E-state index in [2.05, 4.69) is 20.9 Å². The van der Waals surface area contributed by atoms with Crippen molar-refractivity contribution in [2.75, 3.05) is 46.1 Å². The van der Waals surface area contributed by atoms with Gasteiger partial charge in [-0.3, -0.25) is 9.79 Å². The van der Waals surface area contributed by atoms with Crippen molar-refractivity contribution in [3.05, 3.63) is 0 Å². The van der Waals surface area contributed by atoms with Gasteiger partial charge in [0, 0.05) is 51.2 Å². The standard InChI is InChI=1S/C20H38N4O3/c1-2-21-20(22-11-6-13-26-15-17-10-14-27-16-17)23-12-9-19(25)24-18-7-4-3-5-8-18/h17-18H,2-16H2,1H3,(H,24,25)(H2,21,22,23). The molecule has 2 fully saturated rings. The second kappa shape index (κ2) is 13.8. The minimum Gasteiger partial charge on any atom is -0.381 e. The second-order valence-corrected chi connectivity index (χ2v) is 7.50. The Labute approximate surface area is 164 Å². The van der Waals surface area contributed by atoms with Gasteiger partial charge in [0.05, 0.1) is 13.2 Å². The summed E-state index contributed by atoms with van der Waals surface area (Å²) in [5, 5.41) is 9.62. The lowest BCUT2D eigenvalue weighted by Crippen LogP contribution is -2.41. The van der Waals surface area contributed by atoms with Gasteiger partial charge in [0.2, 0.25) is 5.91 Å². The molecular formula is C20H38N4O3. The van der Waals surface area contributed by atoms with Crippen LogP contribution in [0.2, 0.25) is 0 Å². The molecule has 2 aliphatic rings. The zero-order valence-electron chi connectivity index (χ0n) is 16.9. The average Bonchev–Trinajstić information content (AvgIpc) is 3.18. The summed E-state index contributed by atoms with van der Waals surface area (Å²) < 4.78 is 11.0. The average molecular weight is 383 g/mol. The van der Waals surface area contributed by atoms with E-state index in [1.807, 2.05) is 6.92 Å². The highest BCUT2D eigenvalue weighted by Gasteiger charge is 2.16. The molecule has 3 N–H and O–H groups in total. The predicted molar refractivity (Wildman–Crippen MR) is 108 cm³/mol. The molecule has 0 aromatic heterocycles. The topological polar surface area (TPSA) is 84.0 Å². The van der Waals surface area contributed by atoms with Gasteiger partial charge < -0.3 is 25.4 Å². The maximum Gasteiger partial charge on any atom is 0.221 e. The first kappa shape index (κ1) is 22.0. The summed E-state index contributed by atoms with van der Waals surface area (Å²) in [6.45, 7) is 7.38. The third-order valence-corrected chi connectivity index (χ3v) is 5.05. The minimum absolute atomic E-state index is 0.134. The van der Waals surface area contributed by atoms with E-state index < -0.39 is 0 Å². The number of carbonyl (C=O) groups excluding carboxylic acids is 1. The highest BCUT2D eigenvalue weighted by Crippen LogP contribution is 2.17. The van der Waals surface area contributed by atoms with Gasteiger partial charge in [-0.2, -0.15) is 0 Å². The van der Waals surface area contributed by atoms with Crippen LogP contribution >= 0.6 is 0 Å². The van der Waals surface area contributed by atoms with Crippen LogP contribution in [-0.2, 0) is 14.3 Å². The molecule has 1 unspecified atom stereocenters. The molecule has 0 bridgehead atoms. The van der Waals surface area contributed by atoms with Crippen molar-refractivity contribution in [2.24, 2.45) is 10.9 Å². The number of rotatable bonds is 11. The Balaban J connectivity index is 1.53. The van der Waals surface area contributed by atoms with Crippen LogP contribution in [0.1, 0.15) is 58.3 Å². The van der Waals surface area contributed by atoms with E-state index >= 15 is 0 Å². The van der Waals surface area contributed by atoms with Gasteiger partial charge in [0.25, 0.3) is 0 Å². The zero-order chi connectivity index (χ0) is 19.2. The van der Waals surface area contributed by atoms with Gasteiger partial charge in [-0.1, -0.05) is 19.3 Å². The Morgan fingerprint density at radius 1 is 1.19 bits per heavy atom. The van der Waals surface area contributed by atoms with Crippen LogP contribution in [0.25, 0.3) is 0 Å². The summed E-state index contributed by atoms with van der Waals surface area (Å²) >= 11 is 0. The molecule has 2 rings (SSSR count). The maximum absolute atomic E-state index is 12.1. The fraction of sp³-hybridized carbons (Fsp3) is 0.900. The van der Waals surface area contributed by atoms with Crippen LogP contribution in [0.4, 0.5) is 0 Å². The predicted octanol–water partition coefficient (Wildman–Crippen LogP) is 1.82. The molecule has 0 radical (unpaired) electrons. The Morgan fingerprint density at radius 3 is 2.78 bits per heavy atom. The molecular weight excluding hydrogens is 344 g/mol. The summed E-state index contributed by atoms with van der Waals surface area (Å²) in [5.74, 6) is 1.47. The third-order valence-electron chi connectivity index (χ3n) is 5.05. The molecule has 0 spiro atoms. The molecule has 156 valence electrons. The number of aliphatic imine (C=N–C) groups is 1. The van der Waals surface area contributed by atoms with Crippen LogP contribution < -0.4 is 16.0 Å². The monoisotopic (exact) mass is 382 g/mol. The molecule has 1 aliphatic carbocycles. The number of hydrogen-bond acceptors (Lipinski definition) is 4. The van der Waals surface area contributed by atoms with Crippen LogP contribution in [0, 0.1) is 5.92 Å². The number of amides is 1. The Morgan fingerprint density at radius 2 is 2.04 bits per heavy atom. The maximum atomic E-state index is 12.1. The number of ether oxygens (including phenoxy) is 2. The molecule has 1 atom stereocenters. The third kappa shape index (κ3) is 9.96. The Kier molecular flexibility index (Phi) is 11.2. The van der Waals surface area contributed by atoms with Gasteiger partial charge >= 0.3 is 0 Å². The van der Waals surface area contributed by atoms with E-state index in [1.165, 1.54) is 19.3 Å². The minimum atomic E-state index is 0.134.